The molecular formula is C21H21F3N3O3-. The molecule has 0 spiro atoms. The molecule has 160 valence electrons. The van der Waals surface area contributed by atoms with Crippen molar-refractivity contribution in [2.45, 2.75) is 50.4 Å². The molecule has 6 nitrogen and oxygen atoms in total. The highest BCUT2D eigenvalue weighted by Crippen LogP contribution is 2.37. The second-order valence-electron chi connectivity index (χ2n) is 7.28. The second-order valence-corrected chi connectivity index (χ2v) is 7.28. The van der Waals surface area contributed by atoms with Gasteiger partial charge in [0.2, 0.25) is 5.91 Å². The van der Waals surface area contributed by atoms with Gasteiger partial charge in [-0.1, -0.05) is 55.7 Å². The molecule has 0 saturated heterocycles. The Morgan fingerprint density at radius 3 is 2.47 bits per heavy atom. The van der Waals surface area contributed by atoms with Gasteiger partial charge in [0, 0.05) is 18.2 Å². The molecule has 3 rings (SSSR count). The van der Waals surface area contributed by atoms with E-state index in [-0.39, 0.29) is 23.0 Å². The molecule has 2 aromatic rings. The highest BCUT2D eigenvalue weighted by atomic mass is 19.4. The van der Waals surface area contributed by atoms with Crippen molar-refractivity contribution in [1.82, 2.24) is 5.32 Å². The maximum atomic E-state index is 13.0. The number of nitro groups is 1. The van der Waals surface area contributed by atoms with E-state index in [1.165, 1.54) is 36.4 Å². The molecule has 0 heterocycles. The van der Waals surface area contributed by atoms with Gasteiger partial charge in [0.1, 0.15) is 0 Å². The predicted molar refractivity (Wildman–Crippen MR) is 105 cm³/mol. The number of alkyl halides is 3. The van der Waals surface area contributed by atoms with E-state index in [1.54, 1.807) is 0 Å². The number of nitrogens with zero attached hydrogens (tertiary/aromatic N) is 2. The van der Waals surface area contributed by atoms with Gasteiger partial charge in [0.25, 0.3) is 5.69 Å². The van der Waals surface area contributed by atoms with Gasteiger partial charge in [-0.25, -0.2) is 0 Å². The SMILES string of the molecule is O=C(NC1CCCCC1)C([N-]c1cccc(C(F)(F)F)c1)c1cccc([N+](=O)[O-])c1. The number of carbonyl (C=O) groups excluding carboxylic acids is 1. The van der Waals surface area contributed by atoms with Crippen molar-refractivity contribution in [2.75, 3.05) is 0 Å². The molecule has 1 unspecified atom stereocenters. The van der Waals surface area contributed by atoms with Gasteiger partial charge in [-0.15, -0.1) is 5.69 Å². The number of halogens is 3. The van der Waals surface area contributed by atoms with Crippen molar-refractivity contribution in [3.05, 3.63) is 75.1 Å². The van der Waals surface area contributed by atoms with Crippen LogP contribution in [0.25, 0.3) is 5.32 Å². The van der Waals surface area contributed by atoms with Crippen LogP contribution in [0.5, 0.6) is 0 Å². The van der Waals surface area contributed by atoms with E-state index in [9.17, 15) is 28.1 Å². The van der Waals surface area contributed by atoms with Crippen molar-refractivity contribution < 1.29 is 22.9 Å². The number of amides is 1. The third-order valence-electron chi connectivity index (χ3n) is 5.05. The molecule has 0 aliphatic heterocycles. The van der Waals surface area contributed by atoms with Crippen LogP contribution in [0.3, 0.4) is 0 Å². The number of rotatable bonds is 6. The molecule has 9 heteroatoms. The van der Waals surface area contributed by atoms with Crippen molar-refractivity contribution in [1.29, 1.82) is 0 Å². The van der Waals surface area contributed by atoms with Gasteiger partial charge in [0.05, 0.1) is 10.5 Å². The smallest absolute Gasteiger partial charge is 0.416 e. The first-order valence-corrected chi connectivity index (χ1v) is 9.67. The fraction of sp³-hybridized carbons (Fsp3) is 0.381. The number of hydrogen-bond donors (Lipinski definition) is 1. The first kappa shape index (κ1) is 21.6. The van der Waals surface area contributed by atoms with Crippen LogP contribution in [0.1, 0.15) is 49.3 Å². The topological polar surface area (TPSA) is 86.3 Å². The Balaban J connectivity index is 1.90. The molecule has 1 saturated carbocycles. The molecule has 1 fully saturated rings. The number of nitro benzene ring substituents is 1. The summed E-state index contributed by atoms with van der Waals surface area (Å²) in [4.78, 5) is 23.5. The second kappa shape index (κ2) is 9.15. The molecule has 1 aliphatic carbocycles. The van der Waals surface area contributed by atoms with Gasteiger partial charge >= 0.3 is 6.18 Å². The lowest BCUT2D eigenvalue weighted by Gasteiger charge is -2.35. The molecule has 1 N–H and O–H groups in total. The number of nitrogens with one attached hydrogen (secondary N) is 1. The summed E-state index contributed by atoms with van der Waals surface area (Å²) in [6, 6.07) is 8.57. The third-order valence-corrected chi connectivity index (χ3v) is 5.05. The standard InChI is InChI=1S/C21H21F3N3O3/c22-21(23,24)15-7-5-10-17(13-15)25-19(14-6-4-11-18(12-14)27(29)30)20(28)26-16-8-2-1-3-9-16/h4-7,10-13,16,19H,1-3,8-9H2,(H,26,28)/q-1. The van der Waals surface area contributed by atoms with E-state index in [2.05, 4.69) is 10.6 Å². The van der Waals surface area contributed by atoms with Crippen LogP contribution in [0.2, 0.25) is 0 Å². The average molecular weight is 420 g/mol. The molecule has 1 aliphatic rings. The van der Waals surface area contributed by atoms with Crippen molar-refractivity contribution in [3.63, 3.8) is 0 Å². The van der Waals surface area contributed by atoms with E-state index >= 15 is 0 Å². The lowest BCUT2D eigenvalue weighted by atomic mass is 9.95. The Labute approximate surface area is 171 Å². The van der Waals surface area contributed by atoms with Gasteiger partial charge < -0.3 is 10.6 Å². The van der Waals surface area contributed by atoms with E-state index in [0.29, 0.717) is 0 Å². The monoisotopic (exact) mass is 420 g/mol. The minimum Gasteiger partial charge on any atom is -0.670 e. The fourth-order valence-corrected chi connectivity index (χ4v) is 3.53. The van der Waals surface area contributed by atoms with E-state index in [1.807, 2.05) is 0 Å². The summed E-state index contributed by atoms with van der Waals surface area (Å²) in [6.45, 7) is 0. The van der Waals surface area contributed by atoms with Crippen molar-refractivity contribution in [3.8, 4) is 0 Å². The molecule has 0 bridgehead atoms. The van der Waals surface area contributed by atoms with E-state index in [0.717, 1.165) is 44.2 Å². The number of hydrogen-bond acceptors (Lipinski definition) is 3. The average Bonchev–Trinajstić information content (AvgIpc) is 2.72. The minimum atomic E-state index is -4.54. The van der Waals surface area contributed by atoms with Crippen LogP contribution >= 0.6 is 0 Å². The highest BCUT2D eigenvalue weighted by Gasteiger charge is 2.30. The Morgan fingerprint density at radius 1 is 1.10 bits per heavy atom. The molecule has 0 radical (unpaired) electrons. The van der Waals surface area contributed by atoms with Gasteiger partial charge in [-0.3, -0.25) is 14.9 Å². The zero-order valence-electron chi connectivity index (χ0n) is 16.1. The summed E-state index contributed by atoms with van der Waals surface area (Å²) < 4.78 is 39.1. The summed E-state index contributed by atoms with van der Waals surface area (Å²) in [5, 5.41) is 18.3. The quantitative estimate of drug-likeness (QED) is 0.473. The summed E-state index contributed by atoms with van der Waals surface area (Å²) >= 11 is 0. The molecule has 30 heavy (non-hydrogen) atoms. The Kier molecular flexibility index (Phi) is 6.59. The minimum absolute atomic E-state index is 0.0277. The first-order chi connectivity index (χ1) is 14.2. The largest absolute Gasteiger partial charge is 0.670 e. The Hall–Kier alpha value is -3.10. The maximum absolute atomic E-state index is 13.0. The Morgan fingerprint density at radius 2 is 1.80 bits per heavy atom. The van der Waals surface area contributed by atoms with Crippen molar-refractivity contribution in [2.24, 2.45) is 0 Å². The summed E-state index contributed by atoms with van der Waals surface area (Å²) in [5.74, 6) is -0.486. The van der Waals surface area contributed by atoms with Crippen LogP contribution in [0, 0.1) is 10.1 Å². The zero-order valence-corrected chi connectivity index (χ0v) is 16.1. The number of non-ortho nitro benzene ring substituents is 1. The number of carbonyl (C=O) groups is 1. The molecule has 1 atom stereocenters. The molecular weight excluding hydrogens is 399 g/mol. The maximum Gasteiger partial charge on any atom is 0.416 e. The predicted octanol–water partition coefficient (Wildman–Crippen LogP) is 5.81. The van der Waals surface area contributed by atoms with Crippen LogP contribution in [0.15, 0.2) is 48.5 Å². The summed E-state index contributed by atoms with van der Waals surface area (Å²) in [6.07, 6.45) is 0.147. The fourth-order valence-electron chi connectivity index (χ4n) is 3.53. The van der Waals surface area contributed by atoms with Gasteiger partial charge in [-0.2, -0.15) is 13.2 Å². The van der Waals surface area contributed by atoms with Crippen LogP contribution < -0.4 is 5.32 Å². The van der Waals surface area contributed by atoms with E-state index < -0.39 is 28.6 Å². The Bertz CT molecular complexity index is 912. The van der Waals surface area contributed by atoms with Crippen molar-refractivity contribution >= 4 is 17.3 Å². The molecule has 2 aromatic carbocycles. The summed E-state index contributed by atoms with van der Waals surface area (Å²) in [5.41, 5.74) is -0.883. The van der Waals surface area contributed by atoms with E-state index in [4.69, 9.17) is 0 Å². The normalized spacial score (nSPS) is 16.0. The zero-order chi connectivity index (χ0) is 21.7. The van der Waals surface area contributed by atoms with Crippen LogP contribution in [0.4, 0.5) is 24.5 Å². The van der Waals surface area contributed by atoms with Gasteiger partial charge in [-0.05, 0) is 24.4 Å². The lowest BCUT2D eigenvalue weighted by molar-refractivity contribution is -0.384. The van der Waals surface area contributed by atoms with Crippen LogP contribution in [-0.4, -0.2) is 16.9 Å². The molecule has 0 aromatic heterocycles. The highest BCUT2D eigenvalue weighted by molar-refractivity contribution is 5.88. The number of benzene rings is 2. The summed E-state index contributed by atoms with van der Waals surface area (Å²) in [7, 11) is 0. The molecule has 1 amide bonds. The van der Waals surface area contributed by atoms with Gasteiger partial charge in [0.15, 0.2) is 0 Å². The lowest BCUT2D eigenvalue weighted by Crippen LogP contribution is -2.38. The first-order valence-electron chi connectivity index (χ1n) is 9.67. The van der Waals surface area contributed by atoms with Crippen LogP contribution in [-0.2, 0) is 11.0 Å². The third kappa shape index (κ3) is 5.49.